The third kappa shape index (κ3) is 3.56. The Balaban J connectivity index is 1.87. The van der Waals surface area contributed by atoms with Crippen LogP contribution in [-0.4, -0.2) is 33.6 Å². The molecule has 0 amide bonds. The quantitative estimate of drug-likeness (QED) is 0.724. The summed E-state index contributed by atoms with van der Waals surface area (Å²) in [5.74, 6) is -0.522. The Morgan fingerprint density at radius 3 is 2.68 bits per heavy atom. The van der Waals surface area contributed by atoms with Gasteiger partial charge < -0.3 is 24.5 Å². The topological polar surface area (TPSA) is 100 Å². The normalized spacial score (nSPS) is 24.0. The Morgan fingerprint density at radius 1 is 1.24 bits per heavy atom. The van der Waals surface area contributed by atoms with Crippen molar-refractivity contribution < 1.29 is 24.5 Å². The number of hydrogen-bond acceptors (Lipinski definition) is 6. The van der Waals surface area contributed by atoms with Gasteiger partial charge in [-0.2, -0.15) is 0 Å². The molecule has 1 aliphatic heterocycles. The zero-order valence-electron chi connectivity index (χ0n) is 13.3. The number of halogens is 1. The third-order valence-electron chi connectivity index (χ3n) is 3.98. The monoisotopic (exact) mass is 364 g/mol. The molecule has 1 aromatic carbocycles. The fraction of sp³-hybridized carbons (Fsp3) is 0.278. The Labute approximate surface area is 148 Å². The number of allylic oxidation sites excluding steroid dienone is 2. The molecule has 0 radical (unpaired) electrons. The Morgan fingerprint density at radius 2 is 2.00 bits per heavy atom. The second-order valence-electron chi connectivity index (χ2n) is 5.91. The first-order chi connectivity index (χ1) is 11.9. The summed E-state index contributed by atoms with van der Waals surface area (Å²) in [6, 6.07) is 2.44. The van der Waals surface area contributed by atoms with Crippen molar-refractivity contribution in [3.63, 3.8) is 0 Å². The molecule has 3 rings (SSSR count). The number of phenolic OH excluding ortho intramolecular Hbond substituents is 2. The van der Waals surface area contributed by atoms with Crippen LogP contribution in [0.3, 0.4) is 0 Å². The van der Waals surface area contributed by atoms with E-state index in [1.165, 1.54) is 12.1 Å². The minimum Gasteiger partial charge on any atom is -0.507 e. The maximum atomic E-state index is 12.0. The molecule has 3 atom stereocenters. The second kappa shape index (κ2) is 6.92. The van der Waals surface area contributed by atoms with Gasteiger partial charge in [0.2, 0.25) is 0 Å². The van der Waals surface area contributed by atoms with Crippen molar-refractivity contribution in [2.45, 2.75) is 31.7 Å². The molecule has 0 spiro atoms. The van der Waals surface area contributed by atoms with Crippen molar-refractivity contribution in [1.29, 1.82) is 0 Å². The molecule has 132 valence electrons. The lowest BCUT2D eigenvalue weighted by molar-refractivity contribution is 0.0469. The van der Waals surface area contributed by atoms with Crippen molar-refractivity contribution in [1.82, 2.24) is 0 Å². The molecule has 1 saturated heterocycles. The van der Waals surface area contributed by atoms with Gasteiger partial charge in [-0.3, -0.25) is 0 Å². The highest BCUT2D eigenvalue weighted by molar-refractivity contribution is 6.37. The molecule has 25 heavy (non-hydrogen) atoms. The second-order valence-corrected chi connectivity index (χ2v) is 6.29. The number of rotatable bonds is 3. The van der Waals surface area contributed by atoms with Gasteiger partial charge in [0.1, 0.15) is 28.7 Å². The largest absolute Gasteiger partial charge is 0.507 e. The Kier molecular flexibility index (Phi) is 4.85. The highest BCUT2D eigenvalue weighted by Crippen LogP contribution is 2.36. The lowest BCUT2D eigenvalue weighted by Gasteiger charge is -2.07. The van der Waals surface area contributed by atoms with Crippen molar-refractivity contribution in [2.24, 2.45) is 0 Å². The first-order valence-electron chi connectivity index (χ1n) is 7.73. The molecule has 0 bridgehead atoms. The smallest absolute Gasteiger partial charge is 0.347 e. The number of ether oxygens (including phenoxy) is 1. The summed E-state index contributed by atoms with van der Waals surface area (Å²) < 4.78 is 10.6. The van der Waals surface area contributed by atoms with E-state index in [9.17, 15) is 20.1 Å². The van der Waals surface area contributed by atoms with E-state index in [0.29, 0.717) is 6.42 Å². The van der Waals surface area contributed by atoms with Crippen molar-refractivity contribution in [2.75, 3.05) is 0 Å². The van der Waals surface area contributed by atoms with Gasteiger partial charge >= 0.3 is 5.63 Å². The molecule has 1 aliphatic rings. The van der Waals surface area contributed by atoms with Crippen molar-refractivity contribution >= 4 is 28.4 Å². The van der Waals surface area contributed by atoms with Crippen LogP contribution in [0.2, 0.25) is 5.02 Å². The number of aromatic hydroxyl groups is 2. The molecule has 3 N–H and O–H groups in total. The van der Waals surface area contributed by atoms with Crippen LogP contribution in [0.5, 0.6) is 11.5 Å². The van der Waals surface area contributed by atoms with E-state index in [1.807, 2.05) is 6.92 Å². The van der Waals surface area contributed by atoms with E-state index < -0.39 is 17.5 Å². The van der Waals surface area contributed by atoms with E-state index >= 15 is 0 Å². The summed E-state index contributed by atoms with van der Waals surface area (Å²) in [6.45, 7) is 1.89. The standard InChI is InChI=1S/C18H17ClO6/c1-9-6-12(20)15(24-9)5-3-2-4-10-7-11-16(18(23)25-10)13(21)8-14(22)17(11)19/h2-5,7-9,12,15,20-22H,6H2,1H3/b4-2+,5-3+. The van der Waals surface area contributed by atoms with Crippen LogP contribution in [-0.2, 0) is 4.74 Å². The number of phenols is 2. The highest BCUT2D eigenvalue weighted by atomic mass is 35.5. The summed E-state index contributed by atoms with van der Waals surface area (Å²) in [6.07, 6.45) is 6.24. The van der Waals surface area contributed by atoms with Gasteiger partial charge in [-0.05, 0) is 19.1 Å². The van der Waals surface area contributed by atoms with Crippen LogP contribution in [0.1, 0.15) is 19.1 Å². The molecular formula is C18H17ClO6. The average Bonchev–Trinajstić information content (AvgIpc) is 2.86. The van der Waals surface area contributed by atoms with E-state index in [2.05, 4.69) is 0 Å². The van der Waals surface area contributed by atoms with Crippen LogP contribution in [0.15, 0.2) is 39.6 Å². The number of fused-ring (bicyclic) bond motifs is 1. The zero-order valence-corrected chi connectivity index (χ0v) is 14.1. The highest BCUT2D eigenvalue weighted by Gasteiger charge is 2.28. The van der Waals surface area contributed by atoms with Crippen LogP contribution in [0.4, 0.5) is 0 Å². The fourth-order valence-electron chi connectivity index (χ4n) is 2.80. The molecule has 1 aromatic heterocycles. The van der Waals surface area contributed by atoms with Gasteiger partial charge in [-0.15, -0.1) is 0 Å². The van der Waals surface area contributed by atoms with Gasteiger partial charge in [0.25, 0.3) is 0 Å². The van der Waals surface area contributed by atoms with E-state index in [1.54, 1.807) is 18.2 Å². The molecule has 2 heterocycles. The average molecular weight is 365 g/mol. The fourth-order valence-corrected chi connectivity index (χ4v) is 3.00. The third-order valence-corrected chi connectivity index (χ3v) is 4.37. The molecule has 2 aromatic rings. The summed E-state index contributed by atoms with van der Waals surface area (Å²) in [4.78, 5) is 12.0. The van der Waals surface area contributed by atoms with Crippen LogP contribution in [0.25, 0.3) is 16.8 Å². The van der Waals surface area contributed by atoms with Crippen molar-refractivity contribution in [3.8, 4) is 11.5 Å². The predicted molar refractivity (Wildman–Crippen MR) is 94.0 cm³/mol. The molecule has 7 heteroatoms. The number of aliphatic hydroxyl groups excluding tert-OH is 1. The molecular weight excluding hydrogens is 348 g/mol. The van der Waals surface area contributed by atoms with Gasteiger partial charge in [0.05, 0.1) is 17.2 Å². The Bertz CT molecular complexity index is 914. The zero-order chi connectivity index (χ0) is 18.1. The summed E-state index contributed by atoms with van der Waals surface area (Å²) in [5, 5.41) is 29.3. The first kappa shape index (κ1) is 17.5. The van der Waals surface area contributed by atoms with Crippen LogP contribution in [0, 0.1) is 0 Å². The van der Waals surface area contributed by atoms with E-state index in [4.69, 9.17) is 20.8 Å². The minimum absolute atomic E-state index is 0.00892. The number of hydrogen-bond donors (Lipinski definition) is 3. The van der Waals surface area contributed by atoms with Crippen LogP contribution < -0.4 is 5.63 Å². The van der Waals surface area contributed by atoms with E-state index in [0.717, 1.165) is 6.07 Å². The molecule has 6 nitrogen and oxygen atoms in total. The maximum absolute atomic E-state index is 12.0. The molecule has 3 unspecified atom stereocenters. The minimum atomic E-state index is -0.760. The SMILES string of the molecule is CC1CC(O)C(/C=C/C=C/c2cc3c(Cl)c(O)cc(O)c3c(=O)o2)O1. The summed E-state index contributed by atoms with van der Waals surface area (Å²) >= 11 is 5.99. The molecule has 0 aliphatic carbocycles. The summed E-state index contributed by atoms with van der Waals surface area (Å²) in [7, 11) is 0. The first-order valence-corrected chi connectivity index (χ1v) is 8.11. The predicted octanol–water partition coefficient (Wildman–Crippen LogP) is 2.97. The maximum Gasteiger partial charge on any atom is 0.347 e. The Hall–Kier alpha value is -2.28. The lowest BCUT2D eigenvalue weighted by atomic mass is 10.1. The number of benzene rings is 1. The van der Waals surface area contributed by atoms with Gasteiger partial charge in [-0.25, -0.2) is 4.79 Å². The van der Waals surface area contributed by atoms with Crippen LogP contribution >= 0.6 is 11.6 Å². The summed E-state index contributed by atoms with van der Waals surface area (Å²) in [5.41, 5.74) is -0.760. The van der Waals surface area contributed by atoms with Gasteiger partial charge in [0.15, 0.2) is 0 Å². The molecule has 0 saturated carbocycles. The van der Waals surface area contributed by atoms with Gasteiger partial charge in [0, 0.05) is 17.9 Å². The van der Waals surface area contributed by atoms with Crippen molar-refractivity contribution in [3.05, 3.63) is 51.6 Å². The lowest BCUT2D eigenvalue weighted by Crippen LogP contribution is -2.17. The molecule has 1 fully saturated rings. The van der Waals surface area contributed by atoms with Gasteiger partial charge in [-0.1, -0.05) is 29.8 Å². The van der Waals surface area contributed by atoms with E-state index in [-0.39, 0.29) is 39.5 Å². The number of aliphatic hydroxyl groups is 1.